The number of rotatable bonds is 4. The summed E-state index contributed by atoms with van der Waals surface area (Å²) < 4.78 is 6.82. The standard InChI is InChI=1S/C15H22BrNO2/c1-3-15(2,18)10-17-13-5-4-8-19-14-9-11(16)6-7-12(13)14/h6-7,9,13,17-18H,3-5,8,10H2,1-2H3. The van der Waals surface area contributed by atoms with Crippen molar-refractivity contribution >= 4 is 15.9 Å². The Hall–Kier alpha value is -0.580. The van der Waals surface area contributed by atoms with Gasteiger partial charge in [0.25, 0.3) is 0 Å². The van der Waals surface area contributed by atoms with E-state index in [1.54, 1.807) is 0 Å². The fourth-order valence-electron chi connectivity index (χ4n) is 2.23. The van der Waals surface area contributed by atoms with E-state index in [0.717, 1.165) is 36.1 Å². The molecule has 2 unspecified atom stereocenters. The minimum absolute atomic E-state index is 0.253. The summed E-state index contributed by atoms with van der Waals surface area (Å²) in [4.78, 5) is 0. The van der Waals surface area contributed by atoms with E-state index >= 15 is 0 Å². The van der Waals surface area contributed by atoms with Gasteiger partial charge in [0.2, 0.25) is 0 Å². The van der Waals surface area contributed by atoms with Crippen molar-refractivity contribution in [3.8, 4) is 5.75 Å². The van der Waals surface area contributed by atoms with Gasteiger partial charge >= 0.3 is 0 Å². The van der Waals surface area contributed by atoms with Crippen LogP contribution in [0.1, 0.15) is 44.7 Å². The van der Waals surface area contributed by atoms with E-state index in [9.17, 15) is 5.11 Å². The average Bonchev–Trinajstić information content (AvgIpc) is 2.58. The van der Waals surface area contributed by atoms with Crippen LogP contribution in [-0.2, 0) is 0 Å². The van der Waals surface area contributed by atoms with E-state index in [1.165, 1.54) is 5.56 Å². The summed E-state index contributed by atoms with van der Waals surface area (Å²) in [5.74, 6) is 0.945. The van der Waals surface area contributed by atoms with Gasteiger partial charge in [0.05, 0.1) is 12.2 Å². The average molecular weight is 328 g/mol. The van der Waals surface area contributed by atoms with Crippen LogP contribution in [0.3, 0.4) is 0 Å². The van der Waals surface area contributed by atoms with Crippen LogP contribution in [0.2, 0.25) is 0 Å². The van der Waals surface area contributed by atoms with E-state index in [2.05, 4.69) is 27.3 Å². The largest absolute Gasteiger partial charge is 0.493 e. The van der Waals surface area contributed by atoms with Gasteiger partial charge in [-0.05, 0) is 38.3 Å². The fraction of sp³-hybridized carbons (Fsp3) is 0.600. The molecule has 19 heavy (non-hydrogen) atoms. The first kappa shape index (κ1) is 14.8. The molecule has 0 saturated heterocycles. The normalized spacial score (nSPS) is 22.0. The number of halogens is 1. The van der Waals surface area contributed by atoms with Crippen LogP contribution in [0.25, 0.3) is 0 Å². The summed E-state index contributed by atoms with van der Waals surface area (Å²) >= 11 is 3.48. The van der Waals surface area contributed by atoms with E-state index in [-0.39, 0.29) is 6.04 Å². The highest BCUT2D eigenvalue weighted by Gasteiger charge is 2.23. The second kappa shape index (κ2) is 6.25. The molecule has 1 heterocycles. The Balaban J connectivity index is 2.13. The lowest BCUT2D eigenvalue weighted by Crippen LogP contribution is -2.38. The predicted octanol–water partition coefficient (Wildman–Crippen LogP) is 3.41. The summed E-state index contributed by atoms with van der Waals surface area (Å²) in [6, 6.07) is 6.42. The van der Waals surface area contributed by atoms with Crippen LogP contribution >= 0.6 is 15.9 Å². The second-order valence-corrected chi connectivity index (χ2v) is 6.37. The monoisotopic (exact) mass is 327 g/mol. The third kappa shape index (κ3) is 3.94. The minimum atomic E-state index is -0.650. The molecule has 3 nitrogen and oxygen atoms in total. The van der Waals surface area contributed by atoms with Gasteiger partial charge in [-0.3, -0.25) is 0 Å². The number of fused-ring (bicyclic) bond motifs is 1. The molecule has 1 aliphatic heterocycles. The summed E-state index contributed by atoms with van der Waals surface area (Å²) in [6.07, 6.45) is 2.81. The molecule has 0 radical (unpaired) electrons. The number of aliphatic hydroxyl groups is 1. The molecule has 0 saturated carbocycles. The fourth-order valence-corrected chi connectivity index (χ4v) is 2.57. The lowest BCUT2D eigenvalue weighted by atomic mass is 9.99. The molecule has 0 fully saturated rings. The first-order chi connectivity index (χ1) is 9.02. The summed E-state index contributed by atoms with van der Waals surface area (Å²) in [7, 11) is 0. The molecular formula is C15H22BrNO2. The van der Waals surface area contributed by atoms with Gasteiger partial charge < -0.3 is 15.2 Å². The highest BCUT2D eigenvalue weighted by atomic mass is 79.9. The van der Waals surface area contributed by atoms with E-state index in [1.807, 2.05) is 26.0 Å². The van der Waals surface area contributed by atoms with Gasteiger partial charge in [0, 0.05) is 22.6 Å². The van der Waals surface area contributed by atoms with Gasteiger partial charge in [-0.25, -0.2) is 0 Å². The maximum absolute atomic E-state index is 10.1. The molecule has 1 aliphatic rings. The Kier molecular flexibility index (Phi) is 4.87. The third-order valence-corrected chi connectivity index (χ3v) is 4.23. The zero-order chi connectivity index (χ0) is 13.9. The van der Waals surface area contributed by atoms with Crippen LogP contribution in [0, 0.1) is 0 Å². The number of hydrogen-bond donors (Lipinski definition) is 2. The molecule has 4 heteroatoms. The molecule has 2 atom stereocenters. The topological polar surface area (TPSA) is 41.5 Å². The summed E-state index contributed by atoms with van der Waals surface area (Å²) in [5.41, 5.74) is 0.537. The molecule has 1 aromatic rings. The highest BCUT2D eigenvalue weighted by molar-refractivity contribution is 9.10. The van der Waals surface area contributed by atoms with Crippen molar-refractivity contribution in [3.05, 3.63) is 28.2 Å². The van der Waals surface area contributed by atoms with Crippen molar-refractivity contribution < 1.29 is 9.84 Å². The molecule has 2 rings (SSSR count). The van der Waals surface area contributed by atoms with Gasteiger partial charge in [0.1, 0.15) is 5.75 Å². The predicted molar refractivity (Wildman–Crippen MR) is 80.5 cm³/mol. The first-order valence-corrected chi connectivity index (χ1v) is 7.69. The quantitative estimate of drug-likeness (QED) is 0.890. The van der Waals surface area contributed by atoms with Crippen molar-refractivity contribution in [1.29, 1.82) is 0 Å². The number of nitrogens with one attached hydrogen (secondary N) is 1. The zero-order valence-corrected chi connectivity index (χ0v) is 13.2. The van der Waals surface area contributed by atoms with E-state index < -0.39 is 5.60 Å². The molecular weight excluding hydrogens is 306 g/mol. The lowest BCUT2D eigenvalue weighted by molar-refractivity contribution is 0.0525. The number of ether oxygens (including phenoxy) is 1. The van der Waals surface area contributed by atoms with Crippen LogP contribution in [0.15, 0.2) is 22.7 Å². The highest BCUT2D eigenvalue weighted by Crippen LogP contribution is 2.33. The zero-order valence-electron chi connectivity index (χ0n) is 11.6. The molecule has 0 bridgehead atoms. The molecule has 0 aliphatic carbocycles. The first-order valence-electron chi connectivity index (χ1n) is 6.90. The van der Waals surface area contributed by atoms with Gasteiger partial charge in [-0.1, -0.05) is 28.9 Å². The maximum Gasteiger partial charge on any atom is 0.125 e. The smallest absolute Gasteiger partial charge is 0.125 e. The van der Waals surface area contributed by atoms with Gasteiger partial charge in [0.15, 0.2) is 0 Å². The SMILES string of the molecule is CCC(C)(O)CNC1CCCOc2cc(Br)ccc21. The summed E-state index contributed by atoms with van der Waals surface area (Å²) in [6.45, 7) is 5.23. The lowest BCUT2D eigenvalue weighted by Gasteiger charge is -2.26. The van der Waals surface area contributed by atoms with Crippen LogP contribution in [-0.4, -0.2) is 23.9 Å². The van der Waals surface area contributed by atoms with Crippen molar-refractivity contribution in [2.75, 3.05) is 13.2 Å². The van der Waals surface area contributed by atoms with Crippen molar-refractivity contribution in [2.45, 2.75) is 44.8 Å². The Labute approximate surface area is 123 Å². The van der Waals surface area contributed by atoms with Gasteiger partial charge in [-0.15, -0.1) is 0 Å². The Morgan fingerprint density at radius 1 is 1.53 bits per heavy atom. The van der Waals surface area contributed by atoms with Crippen LogP contribution < -0.4 is 10.1 Å². The van der Waals surface area contributed by atoms with Crippen molar-refractivity contribution in [2.24, 2.45) is 0 Å². The Bertz CT molecular complexity index is 434. The van der Waals surface area contributed by atoms with Crippen molar-refractivity contribution in [3.63, 3.8) is 0 Å². The molecule has 2 N–H and O–H groups in total. The molecule has 106 valence electrons. The number of benzene rings is 1. The number of hydrogen-bond acceptors (Lipinski definition) is 3. The van der Waals surface area contributed by atoms with E-state index in [4.69, 9.17) is 4.74 Å². The van der Waals surface area contributed by atoms with Crippen molar-refractivity contribution in [1.82, 2.24) is 5.32 Å². The molecule has 1 aromatic carbocycles. The minimum Gasteiger partial charge on any atom is -0.493 e. The molecule has 0 aromatic heterocycles. The van der Waals surface area contributed by atoms with Gasteiger partial charge in [-0.2, -0.15) is 0 Å². The Morgan fingerprint density at radius 2 is 2.32 bits per heavy atom. The summed E-state index contributed by atoms with van der Waals surface area (Å²) in [5, 5.41) is 13.6. The third-order valence-electron chi connectivity index (χ3n) is 3.74. The van der Waals surface area contributed by atoms with Crippen LogP contribution in [0.4, 0.5) is 0 Å². The maximum atomic E-state index is 10.1. The molecule has 0 amide bonds. The Morgan fingerprint density at radius 3 is 3.05 bits per heavy atom. The second-order valence-electron chi connectivity index (χ2n) is 5.46. The van der Waals surface area contributed by atoms with Crippen LogP contribution in [0.5, 0.6) is 5.75 Å². The van der Waals surface area contributed by atoms with E-state index in [0.29, 0.717) is 6.54 Å². The molecule has 0 spiro atoms.